The lowest BCUT2D eigenvalue weighted by molar-refractivity contribution is 0.0826. The Kier molecular flexibility index (Phi) is 3.23. The number of amides is 1. The van der Waals surface area contributed by atoms with Crippen LogP contribution in [-0.2, 0) is 0 Å². The van der Waals surface area contributed by atoms with Gasteiger partial charge in [0.15, 0.2) is 0 Å². The van der Waals surface area contributed by atoms with Gasteiger partial charge in [0.25, 0.3) is 11.5 Å². The summed E-state index contributed by atoms with van der Waals surface area (Å²) in [5.41, 5.74) is 1.27. The van der Waals surface area contributed by atoms with Gasteiger partial charge in [-0.15, -0.1) is 0 Å². The highest BCUT2D eigenvalue weighted by atomic mass is 16.2. The largest absolute Gasteiger partial charge is 0.345 e. The Hall–Kier alpha value is -2.43. The Morgan fingerprint density at radius 2 is 1.83 bits per heavy atom. The molecule has 0 aliphatic carbocycles. The molecule has 18 heavy (non-hydrogen) atoms. The van der Waals surface area contributed by atoms with Crippen molar-refractivity contribution < 1.29 is 4.79 Å². The first kappa shape index (κ1) is 12.0. The van der Waals surface area contributed by atoms with E-state index in [-0.39, 0.29) is 17.0 Å². The number of carbonyl (C=O) groups excluding carboxylic acids is 1. The first-order valence-corrected chi connectivity index (χ1v) is 5.45. The normalized spacial score (nSPS) is 10.1. The van der Waals surface area contributed by atoms with E-state index in [4.69, 9.17) is 0 Å². The highest BCUT2D eigenvalue weighted by Gasteiger charge is 2.12. The lowest BCUT2D eigenvalue weighted by atomic mass is 10.1. The molecule has 0 aromatic carbocycles. The van der Waals surface area contributed by atoms with Crippen molar-refractivity contribution in [3.8, 4) is 11.3 Å². The molecule has 0 aliphatic heterocycles. The van der Waals surface area contributed by atoms with Crippen LogP contribution in [0.25, 0.3) is 11.3 Å². The van der Waals surface area contributed by atoms with E-state index in [0.717, 1.165) is 5.56 Å². The number of aromatic amines is 1. The maximum atomic E-state index is 11.8. The molecule has 5 nitrogen and oxygen atoms in total. The minimum absolute atomic E-state index is 0.137. The van der Waals surface area contributed by atoms with Gasteiger partial charge >= 0.3 is 0 Å². The number of aromatic nitrogens is 2. The zero-order valence-electron chi connectivity index (χ0n) is 10.2. The molecule has 5 heteroatoms. The number of hydrogen-bond donors (Lipinski definition) is 1. The SMILES string of the molecule is CN(C)C(=O)c1ccc(-c2ccncc2)[nH]c1=O. The van der Waals surface area contributed by atoms with Crippen molar-refractivity contribution in [3.05, 3.63) is 52.6 Å². The fourth-order valence-electron chi connectivity index (χ4n) is 1.58. The number of pyridine rings is 2. The van der Waals surface area contributed by atoms with Crippen molar-refractivity contribution in [3.63, 3.8) is 0 Å². The van der Waals surface area contributed by atoms with Gasteiger partial charge in [-0.1, -0.05) is 0 Å². The Balaban J connectivity index is 2.43. The fraction of sp³-hybridized carbons (Fsp3) is 0.154. The predicted octanol–water partition coefficient (Wildman–Crippen LogP) is 1.14. The molecule has 2 heterocycles. The second kappa shape index (κ2) is 4.83. The van der Waals surface area contributed by atoms with Crippen LogP contribution in [0.5, 0.6) is 0 Å². The highest BCUT2D eigenvalue weighted by molar-refractivity contribution is 5.93. The molecule has 0 aliphatic rings. The molecule has 0 fully saturated rings. The minimum Gasteiger partial charge on any atom is -0.345 e. The summed E-state index contributed by atoms with van der Waals surface area (Å²) in [6.45, 7) is 0. The monoisotopic (exact) mass is 243 g/mol. The number of nitrogens with zero attached hydrogens (tertiary/aromatic N) is 2. The summed E-state index contributed by atoms with van der Waals surface area (Å²) in [6, 6.07) is 6.84. The maximum Gasteiger partial charge on any atom is 0.261 e. The summed E-state index contributed by atoms with van der Waals surface area (Å²) < 4.78 is 0. The van der Waals surface area contributed by atoms with Gasteiger partial charge in [0.05, 0.1) is 0 Å². The zero-order valence-corrected chi connectivity index (χ0v) is 10.2. The molecule has 1 amide bonds. The summed E-state index contributed by atoms with van der Waals surface area (Å²) in [4.78, 5) is 31.5. The Morgan fingerprint density at radius 1 is 1.17 bits per heavy atom. The van der Waals surface area contributed by atoms with Crippen LogP contribution in [0, 0.1) is 0 Å². The number of H-pyrrole nitrogens is 1. The van der Waals surface area contributed by atoms with E-state index in [1.54, 1.807) is 44.7 Å². The van der Waals surface area contributed by atoms with Crippen LogP contribution >= 0.6 is 0 Å². The summed E-state index contributed by atoms with van der Waals surface area (Å²) >= 11 is 0. The predicted molar refractivity (Wildman–Crippen MR) is 68.3 cm³/mol. The van der Waals surface area contributed by atoms with E-state index < -0.39 is 0 Å². The molecule has 0 radical (unpaired) electrons. The smallest absolute Gasteiger partial charge is 0.261 e. The van der Waals surface area contributed by atoms with E-state index in [2.05, 4.69) is 9.97 Å². The number of carbonyl (C=O) groups is 1. The third-order valence-corrected chi connectivity index (χ3v) is 2.54. The Bertz CT molecular complexity index is 618. The van der Waals surface area contributed by atoms with E-state index in [1.165, 1.54) is 11.0 Å². The molecule has 0 saturated heterocycles. The molecular formula is C13H13N3O2. The van der Waals surface area contributed by atoms with E-state index >= 15 is 0 Å². The molecule has 0 atom stereocenters. The Morgan fingerprint density at radius 3 is 2.39 bits per heavy atom. The van der Waals surface area contributed by atoms with Gasteiger partial charge in [0, 0.05) is 37.7 Å². The van der Waals surface area contributed by atoms with Crippen LogP contribution < -0.4 is 5.56 Å². The summed E-state index contributed by atoms with van der Waals surface area (Å²) in [5.74, 6) is -0.308. The molecule has 2 aromatic heterocycles. The molecule has 0 spiro atoms. The molecule has 2 aromatic rings. The van der Waals surface area contributed by atoms with Crippen molar-refractivity contribution in [1.82, 2.24) is 14.9 Å². The van der Waals surface area contributed by atoms with Crippen LogP contribution in [0.1, 0.15) is 10.4 Å². The topological polar surface area (TPSA) is 66.1 Å². The highest BCUT2D eigenvalue weighted by Crippen LogP contribution is 2.13. The van der Waals surface area contributed by atoms with Gasteiger partial charge in [-0.3, -0.25) is 14.6 Å². The zero-order chi connectivity index (χ0) is 13.1. The van der Waals surface area contributed by atoms with Crippen molar-refractivity contribution >= 4 is 5.91 Å². The molecule has 0 bridgehead atoms. The number of rotatable bonds is 2. The lowest BCUT2D eigenvalue weighted by Gasteiger charge is -2.09. The molecule has 2 rings (SSSR count). The molecule has 0 unspecified atom stereocenters. The van der Waals surface area contributed by atoms with Gasteiger partial charge in [-0.2, -0.15) is 0 Å². The average molecular weight is 243 g/mol. The van der Waals surface area contributed by atoms with Gasteiger partial charge in [0.1, 0.15) is 5.56 Å². The van der Waals surface area contributed by atoms with Crippen LogP contribution in [-0.4, -0.2) is 34.9 Å². The van der Waals surface area contributed by atoms with Crippen LogP contribution in [0.3, 0.4) is 0 Å². The summed E-state index contributed by atoms with van der Waals surface area (Å²) in [7, 11) is 3.22. The summed E-state index contributed by atoms with van der Waals surface area (Å²) in [5, 5.41) is 0. The van der Waals surface area contributed by atoms with Crippen LogP contribution in [0.15, 0.2) is 41.5 Å². The van der Waals surface area contributed by atoms with Crippen molar-refractivity contribution in [2.45, 2.75) is 0 Å². The minimum atomic E-state index is -0.386. The molecule has 0 saturated carbocycles. The van der Waals surface area contributed by atoms with Crippen LogP contribution in [0.2, 0.25) is 0 Å². The maximum absolute atomic E-state index is 11.8. The van der Waals surface area contributed by atoms with Gasteiger partial charge in [-0.05, 0) is 24.3 Å². The third kappa shape index (κ3) is 2.29. The number of hydrogen-bond acceptors (Lipinski definition) is 3. The second-order valence-electron chi connectivity index (χ2n) is 4.05. The molecule has 1 N–H and O–H groups in total. The van der Waals surface area contributed by atoms with E-state index in [9.17, 15) is 9.59 Å². The first-order chi connectivity index (χ1) is 8.59. The van der Waals surface area contributed by atoms with Gasteiger partial charge in [-0.25, -0.2) is 0 Å². The van der Waals surface area contributed by atoms with E-state index in [1.807, 2.05) is 0 Å². The quantitative estimate of drug-likeness (QED) is 0.860. The average Bonchev–Trinajstić information content (AvgIpc) is 2.38. The fourth-order valence-corrected chi connectivity index (χ4v) is 1.58. The first-order valence-electron chi connectivity index (χ1n) is 5.45. The van der Waals surface area contributed by atoms with Crippen molar-refractivity contribution in [2.75, 3.05) is 14.1 Å². The lowest BCUT2D eigenvalue weighted by Crippen LogP contribution is -2.28. The van der Waals surface area contributed by atoms with Crippen molar-refractivity contribution in [2.24, 2.45) is 0 Å². The second-order valence-corrected chi connectivity index (χ2v) is 4.05. The van der Waals surface area contributed by atoms with Gasteiger partial charge < -0.3 is 9.88 Å². The van der Waals surface area contributed by atoms with Crippen molar-refractivity contribution in [1.29, 1.82) is 0 Å². The molecular weight excluding hydrogens is 230 g/mol. The third-order valence-electron chi connectivity index (χ3n) is 2.54. The summed E-state index contributed by atoms with van der Waals surface area (Å²) in [6.07, 6.45) is 3.29. The standard InChI is InChI=1S/C13H13N3O2/c1-16(2)13(18)10-3-4-11(15-12(10)17)9-5-7-14-8-6-9/h3-8H,1-2H3,(H,15,17). The number of nitrogens with one attached hydrogen (secondary N) is 1. The van der Waals surface area contributed by atoms with E-state index in [0.29, 0.717) is 5.69 Å². The molecule has 92 valence electrons. The van der Waals surface area contributed by atoms with Gasteiger partial charge in [0.2, 0.25) is 0 Å². The Labute approximate surface area is 104 Å². The van der Waals surface area contributed by atoms with Crippen LogP contribution in [0.4, 0.5) is 0 Å².